The Morgan fingerprint density at radius 1 is 1.30 bits per heavy atom. The van der Waals surface area contributed by atoms with Crippen molar-refractivity contribution in [2.45, 2.75) is 32.8 Å². The standard InChI is InChI=1S/C18H22N2O3/c1-18(2,3)23-17(22)20-9-13(12-21)8-15-11-19-10-14-6-4-5-7-16(14)15/h4-7,10-13H,8-9H2,1-3H3,(H,20,22)/t13-/m0/s1. The lowest BCUT2D eigenvalue weighted by molar-refractivity contribution is -0.110. The molecule has 122 valence electrons. The molecule has 5 nitrogen and oxygen atoms in total. The Morgan fingerprint density at radius 2 is 2.04 bits per heavy atom. The van der Waals surface area contributed by atoms with Crippen LogP contribution in [0.4, 0.5) is 4.79 Å². The van der Waals surface area contributed by atoms with Gasteiger partial charge in [-0.2, -0.15) is 0 Å². The van der Waals surface area contributed by atoms with E-state index in [9.17, 15) is 9.59 Å². The highest BCUT2D eigenvalue weighted by Gasteiger charge is 2.18. The third-order valence-corrected chi connectivity index (χ3v) is 3.33. The van der Waals surface area contributed by atoms with Crippen LogP contribution in [0, 0.1) is 5.92 Å². The zero-order chi connectivity index (χ0) is 16.9. The van der Waals surface area contributed by atoms with Crippen molar-refractivity contribution < 1.29 is 14.3 Å². The molecule has 0 aliphatic carbocycles. The van der Waals surface area contributed by atoms with Gasteiger partial charge in [-0.3, -0.25) is 4.98 Å². The van der Waals surface area contributed by atoms with E-state index in [1.807, 2.05) is 24.3 Å². The largest absolute Gasteiger partial charge is 0.444 e. The number of hydrogen-bond donors (Lipinski definition) is 1. The van der Waals surface area contributed by atoms with E-state index < -0.39 is 11.7 Å². The van der Waals surface area contributed by atoms with Crippen LogP contribution >= 0.6 is 0 Å². The van der Waals surface area contributed by atoms with Crippen LogP contribution in [0.15, 0.2) is 36.7 Å². The van der Waals surface area contributed by atoms with Crippen molar-refractivity contribution in [1.29, 1.82) is 0 Å². The molecule has 1 amide bonds. The molecule has 0 aliphatic heterocycles. The fraction of sp³-hybridized carbons (Fsp3) is 0.389. The molecule has 0 fully saturated rings. The summed E-state index contributed by atoms with van der Waals surface area (Å²) in [5, 5.41) is 4.76. The SMILES string of the molecule is CC(C)(C)OC(=O)NC[C@@H](C=O)Cc1cncc2ccccc12. The molecular formula is C18H22N2O3. The highest BCUT2D eigenvalue weighted by atomic mass is 16.6. The molecule has 0 saturated heterocycles. The molecule has 1 N–H and O–H groups in total. The molecular weight excluding hydrogens is 292 g/mol. The summed E-state index contributed by atoms with van der Waals surface area (Å²) in [6, 6.07) is 7.91. The molecule has 1 heterocycles. The predicted octanol–water partition coefficient (Wildman–Crippen LogP) is 3.12. The second-order valence-electron chi connectivity index (χ2n) is 6.50. The van der Waals surface area contributed by atoms with Crippen LogP contribution in [-0.4, -0.2) is 29.5 Å². The van der Waals surface area contributed by atoms with E-state index in [0.29, 0.717) is 6.42 Å². The molecule has 1 atom stereocenters. The molecule has 0 saturated carbocycles. The fourth-order valence-electron chi connectivity index (χ4n) is 2.32. The Kier molecular flexibility index (Phi) is 5.32. The summed E-state index contributed by atoms with van der Waals surface area (Å²) in [5.74, 6) is -0.324. The number of fused-ring (bicyclic) bond motifs is 1. The lowest BCUT2D eigenvalue weighted by Gasteiger charge is -2.20. The number of rotatable bonds is 5. The van der Waals surface area contributed by atoms with Crippen molar-refractivity contribution in [2.24, 2.45) is 5.92 Å². The minimum atomic E-state index is -0.555. The third kappa shape index (κ3) is 5.06. The van der Waals surface area contributed by atoms with Crippen LogP contribution < -0.4 is 5.32 Å². The molecule has 0 aliphatic rings. The van der Waals surface area contributed by atoms with Gasteiger partial charge in [-0.05, 0) is 38.1 Å². The number of alkyl carbamates (subject to hydrolysis) is 1. The van der Waals surface area contributed by atoms with Crippen LogP contribution in [0.5, 0.6) is 0 Å². The van der Waals surface area contributed by atoms with Crippen LogP contribution in [0.3, 0.4) is 0 Å². The van der Waals surface area contributed by atoms with Gasteiger partial charge in [0.15, 0.2) is 0 Å². The number of nitrogens with zero attached hydrogens (tertiary/aromatic N) is 1. The summed E-state index contributed by atoms with van der Waals surface area (Å²) in [4.78, 5) is 27.2. The number of pyridine rings is 1. The number of aldehydes is 1. The zero-order valence-electron chi connectivity index (χ0n) is 13.7. The summed E-state index contributed by atoms with van der Waals surface area (Å²) in [7, 11) is 0. The molecule has 2 aromatic rings. The van der Waals surface area contributed by atoms with Crippen molar-refractivity contribution in [2.75, 3.05) is 6.54 Å². The van der Waals surface area contributed by atoms with Crippen molar-refractivity contribution in [3.63, 3.8) is 0 Å². The number of amides is 1. The number of ether oxygens (including phenoxy) is 1. The summed E-state index contributed by atoms with van der Waals surface area (Å²) >= 11 is 0. The molecule has 1 aromatic carbocycles. The number of nitrogens with one attached hydrogen (secondary N) is 1. The van der Waals surface area contributed by atoms with Crippen molar-refractivity contribution >= 4 is 23.2 Å². The minimum Gasteiger partial charge on any atom is -0.444 e. The maximum Gasteiger partial charge on any atom is 0.407 e. The molecule has 23 heavy (non-hydrogen) atoms. The number of carbonyl (C=O) groups excluding carboxylic acids is 2. The molecule has 2 rings (SSSR count). The summed E-state index contributed by atoms with van der Waals surface area (Å²) in [5.41, 5.74) is 0.437. The van der Waals surface area contributed by atoms with Gasteiger partial charge in [0.25, 0.3) is 0 Å². The quantitative estimate of drug-likeness (QED) is 0.861. The van der Waals surface area contributed by atoms with Gasteiger partial charge in [0.05, 0.1) is 0 Å². The third-order valence-electron chi connectivity index (χ3n) is 3.33. The molecule has 5 heteroatoms. The lowest BCUT2D eigenvalue weighted by Crippen LogP contribution is -2.36. The second kappa shape index (κ2) is 7.22. The smallest absolute Gasteiger partial charge is 0.407 e. The van der Waals surface area contributed by atoms with Gasteiger partial charge in [-0.15, -0.1) is 0 Å². The van der Waals surface area contributed by atoms with Crippen LogP contribution in [0.1, 0.15) is 26.3 Å². The zero-order valence-corrected chi connectivity index (χ0v) is 13.7. The summed E-state index contributed by atoms with van der Waals surface area (Å²) < 4.78 is 5.17. The Balaban J connectivity index is 2.02. The lowest BCUT2D eigenvalue weighted by atomic mass is 9.97. The van der Waals surface area contributed by atoms with E-state index in [1.165, 1.54) is 0 Å². The first-order valence-corrected chi connectivity index (χ1v) is 7.63. The van der Waals surface area contributed by atoms with Gasteiger partial charge in [0.2, 0.25) is 0 Å². The van der Waals surface area contributed by atoms with Gasteiger partial charge in [0, 0.05) is 30.2 Å². The fourth-order valence-corrected chi connectivity index (χ4v) is 2.32. The van der Waals surface area contributed by atoms with E-state index in [1.54, 1.807) is 33.2 Å². The predicted molar refractivity (Wildman–Crippen MR) is 89.2 cm³/mol. The number of hydrogen-bond acceptors (Lipinski definition) is 4. The van der Waals surface area contributed by atoms with Crippen molar-refractivity contribution in [1.82, 2.24) is 10.3 Å². The number of aromatic nitrogens is 1. The highest BCUT2D eigenvalue weighted by Crippen LogP contribution is 2.19. The van der Waals surface area contributed by atoms with Gasteiger partial charge in [-0.25, -0.2) is 4.79 Å². The molecule has 0 spiro atoms. The minimum absolute atomic E-state index is 0.238. The van der Waals surface area contributed by atoms with E-state index >= 15 is 0 Å². The summed E-state index contributed by atoms with van der Waals surface area (Å²) in [6.45, 7) is 5.63. The van der Waals surface area contributed by atoms with Gasteiger partial charge in [-0.1, -0.05) is 24.3 Å². The number of carbonyl (C=O) groups is 2. The maximum atomic E-state index is 11.7. The Morgan fingerprint density at radius 3 is 2.74 bits per heavy atom. The van der Waals surface area contributed by atoms with Gasteiger partial charge >= 0.3 is 6.09 Å². The Bertz CT molecular complexity index is 687. The van der Waals surface area contributed by atoms with Crippen molar-refractivity contribution in [3.8, 4) is 0 Å². The van der Waals surface area contributed by atoms with Crippen molar-refractivity contribution in [3.05, 3.63) is 42.2 Å². The average molecular weight is 314 g/mol. The number of benzene rings is 1. The average Bonchev–Trinajstić information content (AvgIpc) is 2.50. The normalized spacial score (nSPS) is 12.7. The van der Waals surface area contributed by atoms with Gasteiger partial charge in [0.1, 0.15) is 11.9 Å². The van der Waals surface area contributed by atoms with E-state index in [0.717, 1.165) is 22.6 Å². The van der Waals surface area contributed by atoms with Crippen LogP contribution in [-0.2, 0) is 16.0 Å². The first kappa shape index (κ1) is 16.9. The van der Waals surface area contributed by atoms with Crippen LogP contribution in [0.25, 0.3) is 10.8 Å². The van der Waals surface area contributed by atoms with Crippen LogP contribution in [0.2, 0.25) is 0 Å². The van der Waals surface area contributed by atoms with E-state index in [2.05, 4.69) is 10.3 Å². The van der Waals surface area contributed by atoms with E-state index in [-0.39, 0.29) is 12.5 Å². The Hall–Kier alpha value is -2.43. The molecule has 1 aromatic heterocycles. The summed E-state index contributed by atoms with van der Waals surface area (Å²) in [6.07, 6.45) is 4.44. The maximum absolute atomic E-state index is 11.7. The molecule has 0 unspecified atom stereocenters. The van der Waals surface area contributed by atoms with E-state index in [4.69, 9.17) is 4.74 Å². The topological polar surface area (TPSA) is 68.3 Å². The molecule has 0 bridgehead atoms. The Labute approximate surface area is 136 Å². The second-order valence-corrected chi connectivity index (χ2v) is 6.50. The monoisotopic (exact) mass is 314 g/mol. The first-order chi connectivity index (χ1) is 10.9. The highest BCUT2D eigenvalue weighted by molar-refractivity contribution is 5.84. The first-order valence-electron chi connectivity index (χ1n) is 7.63. The van der Waals surface area contributed by atoms with Gasteiger partial charge < -0.3 is 14.8 Å². The molecule has 0 radical (unpaired) electrons.